The van der Waals surface area contributed by atoms with E-state index in [4.69, 9.17) is 42.2 Å². The molecule has 1 aliphatic carbocycles. The van der Waals surface area contributed by atoms with Gasteiger partial charge in [0.05, 0.1) is 13.2 Å². The number of phosphoric acid groups is 1. The highest BCUT2D eigenvalue weighted by atomic mass is 31.2. The lowest BCUT2D eigenvalue weighted by molar-refractivity contribution is -0.360. The molecule has 0 amide bonds. The van der Waals surface area contributed by atoms with Gasteiger partial charge in [-0.3, -0.25) is 18.6 Å². The quantitative estimate of drug-likeness (QED) is 0.00678. The number of esters is 3. The third-order valence-electron chi connectivity index (χ3n) is 17.6. The molecule has 24 nitrogen and oxygen atoms in total. The molecule has 2 saturated heterocycles. The lowest BCUT2D eigenvalue weighted by Crippen LogP contribution is -2.69. The van der Waals surface area contributed by atoms with Gasteiger partial charge >= 0.3 is 25.7 Å². The second kappa shape index (κ2) is 50.7. The zero-order chi connectivity index (χ0) is 68.2. The Labute approximate surface area is 554 Å². The minimum Gasteiger partial charge on any atom is -0.462 e. The van der Waals surface area contributed by atoms with Crippen LogP contribution in [-0.2, 0) is 61.2 Å². The second-order valence-electron chi connectivity index (χ2n) is 25.7. The van der Waals surface area contributed by atoms with Crippen LogP contribution in [0.3, 0.4) is 0 Å². The topological polar surface area (TPSA) is 374 Å². The molecule has 2 heterocycles. The van der Waals surface area contributed by atoms with Crippen molar-refractivity contribution >= 4 is 25.7 Å². The van der Waals surface area contributed by atoms with Gasteiger partial charge in [-0.2, -0.15) is 0 Å². The first kappa shape index (κ1) is 84.7. The van der Waals surface area contributed by atoms with Crippen LogP contribution < -0.4 is 0 Å². The Morgan fingerprint density at radius 1 is 0.441 bits per heavy atom. The summed E-state index contributed by atoms with van der Waals surface area (Å²) in [7, 11) is -5.69. The number of ether oxygens (including phenoxy) is 7. The highest BCUT2D eigenvalue weighted by Crippen LogP contribution is 2.49. The van der Waals surface area contributed by atoms with Crippen molar-refractivity contribution in [2.24, 2.45) is 0 Å². The first-order chi connectivity index (χ1) is 44.8. The Hall–Kier alpha value is -2.56. The fourth-order valence-corrected chi connectivity index (χ4v) is 12.7. The summed E-state index contributed by atoms with van der Waals surface area (Å²) in [6.45, 7) is 3.32. The molecule has 2 aliphatic heterocycles. The van der Waals surface area contributed by atoms with Gasteiger partial charge < -0.3 is 89.1 Å². The fraction of sp³-hybridized carbons (Fsp3) is 0.897. The van der Waals surface area contributed by atoms with Crippen molar-refractivity contribution in [1.82, 2.24) is 0 Å². The molecule has 1 saturated carbocycles. The summed E-state index contributed by atoms with van der Waals surface area (Å²) in [6.07, 6.45) is 9.14. The minimum atomic E-state index is -5.69. The molecule has 544 valence electrons. The highest BCUT2D eigenvalue weighted by Gasteiger charge is 2.58. The Balaban J connectivity index is 1.77. The van der Waals surface area contributed by atoms with E-state index in [0.29, 0.717) is 12.8 Å². The third-order valence-corrected chi connectivity index (χ3v) is 18.6. The van der Waals surface area contributed by atoms with Crippen LogP contribution in [0.1, 0.15) is 258 Å². The molecule has 3 fully saturated rings. The zero-order valence-corrected chi connectivity index (χ0v) is 57.2. The van der Waals surface area contributed by atoms with E-state index in [-0.39, 0.29) is 12.8 Å². The van der Waals surface area contributed by atoms with Crippen molar-refractivity contribution in [3.8, 4) is 0 Å². The summed E-state index contributed by atoms with van der Waals surface area (Å²) >= 11 is 0. The van der Waals surface area contributed by atoms with Crippen LogP contribution >= 0.6 is 7.82 Å². The Bertz CT molecular complexity index is 2040. The van der Waals surface area contributed by atoms with Crippen LogP contribution in [0.5, 0.6) is 0 Å². The van der Waals surface area contributed by atoms with Gasteiger partial charge in [-0.25, -0.2) is 9.36 Å². The van der Waals surface area contributed by atoms with Crippen LogP contribution in [0.25, 0.3) is 0 Å². The van der Waals surface area contributed by atoms with Crippen molar-refractivity contribution in [1.29, 1.82) is 0 Å². The molecule has 3 aliphatic rings. The molecule has 93 heavy (non-hydrogen) atoms. The summed E-state index contributed by atoms with van der Waals surface area (Å²) in [5.41, 5.74) is 0. The number of aliphatic hydroxyl groups is 10. The molecule has 0 aromatic carbocycles. The van der Waals surface area contributed by atoms with Crippen molar-refractivity contribution in [2.75, 3.05) is 26.4 Å². The predicted octanol–water partition coefficient (Wildman–Crippen LogP) is 8.57. The Morgan fingerprint density at radius 2 is 0.828 bits per heavy atom. The Morgan fingerprint density at radius 3 is 1.27 bits per heavy atom. The molecule has 3 rings (SSSR count). The van der Waals surface area contributed by atoms with Crippen molar-refractivity contribution in [3.63, 3.8) is 0 Å². The van der Waals surface area contributed by atoms with E-state index >= 15 is 0 Å². The number of rotatable bonds is 54. The molecular weight excluding hydrogens is 1230 g/mol. The van der Waals surface area contributed by atoms with Gasteiger partial charge in [0, 0.05) is 18.9 Å². The number of hydrogen-bond donors (Lipinski definition) is 11. The molecule has 0 aromatic rings. The van der Waals surface area contributed by atoms with Crippen LogP contribution in [0.15, 0.2) is 24.3 Å². The molecule has 18 atom stereocenters. The lowest BCUT2D eigenvalue weighted by Gasteiger charge is -2.49. The van der Waals surface area contributed by atoms with Gasteiger partial charge in [0.2, 0.25) is 0 Å². The molecular formula is C68H123O24P. The molecule has 25 heteroatoms. The lowest BCUT2D eigenvalue weighted by atomic mass is 9.84. The second-order valence-corrected chi connectivity index (χ2v) is 27.1. The number of carbonyl (C=O) groups excluding carboxylic acids is 3. The molecule has 11 N–H and O–H groups in total. The van der Waals surface area contributed by atoms with Crippen LogP contribution in [0, 0.1) is 0 Å². The fourth-order valence-electron chi connectivity index (χ4n) is 11.7. The molecule has 18 unspecified atom stereocenters. The summed E-state index contributed by atoms with van der Waals surface area (Å²) in [6, 6.07) is 0. The largest absolute Gasteiger partial charge is 0.472 e. The molecule has 0 bridgehead atoms. The van der Waals surface area contributed by atoms with E-state index in [1.54, 1.807) is 6.08 Å². The maximum absolute atomic E-state index is 14.3. The van der Waals surface area contributed by atoms with E-state index in [2.05, 4.69) is 20.8 Å². The van der Waals surface area contributed by atoms with Crippen molar-refractivity contribution in [3.05, 3.63) is 24.3 Å². The average Bonchev–Trinajstić information content (AvgIpc) is 0.782. The first-order valence-electron chi connectivity index (χ1n) is 35.7. The summed E-state index contributed by atoms with van der Waals surface area (Å²) in [5, 5.41) is 110. The van der Waals surface area contributed by atoms with Gasteiger partial charge in [-0.05, 0) is 25.7 Å². The maximum atomic E-state index is 14.3. The number of phosphoric ester groups is 1. The van der Waals surface area contributed by atoms with E-state index in [9.17, 15) is 74.9 Å². The Kier molecular flexibility index (Phi) is 46.2. The van der Waals surface area contributed by atoms with E-state index < -0.39 is 156 Å². The van der Waals surface area contributed by atoms with E-state index in [1.165, 1.54) is 128 Å². The molecule has 0 spiro atoms. The van der Waals surface area contributed by atoms with E-state index in [0.717, 1.165) is 96.0 Å². The average molecular weight is 1360 g/mol. The number of carbonyl (C=O) groups is 3. The highest BCUT2D eigenvalue weighted by molar-refractivity contribution is 7.47. The SMILES string of the molecule is CCCCCCCCCCCCC/C=C/C=C/C(=O)OCC1OC(OC2C(O)C(O)C(O)C(OC3OC(CO)C(O)C(O)C3O)C2OP(=O)(O)OCC(COC(=O)CCCCCCCCCCCCCC)OC(=O)CCCCCCCCCCCCC)C(O)C(O)C1O. The van der Waals surface area contributed by atoms with Gasteiger partial charge in [-0.15, -0.1) is 0 Å². The van der Waals surface area contributed by atoms with Gasteiger partial charge in [-0.1, -0.05) is 238 Å². The molecule has 0 aromatic heterocycles. The normalized spacial score (nSPS) is 28.6. The maximum Gasteiger partial charge on any atom is 0.472 e. The minimum absolute atomic E-state index is 0.0396. The van der Waals surface area contributed by atoms with Crippen LogP contribution in [0.2, 0.25) is 0 Å². The predicted molar refractivity (Wildman–Crippen MR) is 347 cm³/mol. The smallest absolute Gasteiger partial charge is 0.462 e. The van der Waals surface area contributed by atoms with E-state index in [1.807, 2.05) is 6.08 Å². The number of unbranched alkanes of at least 4 members (excludes halogenated alkanes) is 32. The van der Waals surface area contributed by atoms with Crippen molar-refractivity contribution < 1.29 is 117 Å². The number of hydrogen-bond acceptors (Lipinski definition) is 23. The summed E-state index contributed by atoms with van der Waals surface area (Å²) in [4.78, 5) is 50.7. The zero-order valence-electron chi connectivity index (χ0n) is 56.3. The molecule has 0 radical (unpaired) electrons. The number of aliphatic hydroxyl groups excluding tert-OH is 10. The standard InChI is InChI=1S/C68H123O24P/c1-4-7-10-13-16-19-22-24-25-26-29-31-34-37-40-43-53(71)85-48-51-56(74)58(76)63(81)68(89-51)91-65-61(79)59(77)60(78)64(90-67-62(80)57(75)55(73)50(45-69)88-67)66(65)92-93(82,83)86-47-49(87-54(72)44-41-38-35-32-27-21-18-15-12-9-6-3)46-84-52(70)42-39-36-33-30-28-23-20-17-14-11-8-5-2/h34,37,40,43,49-51,55-69,73-81H,4-33,35-36,38-39,41-42,44-48H2,1-3H3,(H,82,83)/b37-34+,43-40+. The van der Waals surface area contributed by atoms with Crippen LogP contribution in [0.4, 0.5) is 0 Å². The van der Waals surface area contributed by atoms with Gasteiger partial charge in [0.25, 0.3) is 0 Å². The number of allylic oxidation sites excluding steroid dienone is 3. The van der Waals surface area contributed by atoms with Crippen LogP contribution in [-0.4, -0.2) is 204 Å². The summed E-state index contributed by atoms with van der Waals surface area (Å²) in [5.74, 6) is -2.22. The van der Waals surface area contributed by atoms with Gasteiger partial charge in [0.15, 0.2) is 18.7 Å². The first-order valence-corrected chi connectivity index (χ1v) is 37.2. The monoisotopic (exact) mass is 1350 g/mol. The van der Waals surface area contributed by atoms with Crippen molar-refractivity contribution in [2.45, 2.75) is 362 Å². The summed E-state index contributed by atoms with van der Waals surface area (Å²) < 4.78 is 64.6. The third kappa shape index (κ3) is 34.7. The van der Waals surface area contributed by atoms with Gasteiger partial charge in [0.1, 0.15) is 98.7 Å².